The van der Waals surface area contributed by atoms with Crippen LogP contribution in [0.5, 0.6) is 0 Å². The third-order valence-electron chi connectivity index (χ3n) is 4.38. The molecule has 3 rings (SSSR count). The maximum Gasteiger partial charge on any atom is 0.243 e. The van der Waals surface area contributed by atoms with Crippen LogP contribution in [0.2, 0.25) is 0 Å². The monoisotopic (exact) mass is 294 g/mol. The van der Waals surface area contributed by atoms with Gasteiger partial charge < -0.3 is 5.32 Å². The molecule has 0 aromatic heterocycles. The highest BCUT2D eigenvalue weighted by Gasteiger charge is 2.33. The van der Waals surface area contributed by atoms with Crippen LogP contribution in [0.15, 0.2) is 23.1 Å². The van der Waals surface area contributed by atoms with Crippen LogP contribution in [0.4, 0.5) is 0 Å². The predicted octanol–water partition coefficient (Wildman–Crippen LogP) is 1.55. The molecule has 1 aromatic carbocycles. The molecule has 1 aliphatic heterocycles. The molecule has 2 aliphatic rings. The van der Waals surface area contributed by atoms with E-state index < -0.39 is 10.0 Å². The molecule has 110 valence electrons. The molecule has 5 heteroatoms. The third kappa shape index (κ3) is 2.38. The molecule has 20 heavy (non-hydrogen) atoms. The van der Waals surface area contributed by atoms with E-state index >= 15 is 0 Å². The van der Waals surface area contributed by atoms with Gasteiger partial charge in [-0.2, -0.15) is 4.31 Å². The number of piperazine rings is 1. The van der Waals surface area contributed by atoms with Crippen molar-refractivity contribution in [2.45, 2.75) is 50.1 Å². The number of nitrogens with zero attached hydrogens (tertiary/aromatic N) is 1. The molecule has 0 spiro atoms. The lowest BCUT2D eigenvalue weighted by atomic mass is 10.1. The maximum absolute atomic E-state index is 12.8. The van der Waals surface area contributed by atoms with E-state index in [-0.39, 0.29) is 12.1 Å². The van der Waals surface area contributed by atoms with E-state index in [1.165, 1.54) is 11.1 Å². The van der Waals surface area contributed by atoms with Gasteiger partial charge in [-0.05, 0) is 56.4 Å². The summed E-state index contributed by atoms with van der Waals surface area (Å²) >= 11 is 0. The van der Waals surface area contributed by atoms with E-state index in [2.05, 4.69) is 5.32 Å². The highest BCUT2D eigenvalue weighted by atomic mass is 32.2. The third-order valence-corrected chi connectivity index (χ3v) is 6.36. The van der Waals surface area contributed by atoms with Crippen molar-refractivity contribution in [1.29, 1.82) is 0 Å². The lowest BCUT2D eigenvalue weighted by Crippen LogP contribution is -2.56. The Labute approximate surface area is 121 Å². The van der Waals surface area contributed by atoms with Gasteiger partial charge in [0, 0.05) is 25.2 Å². The first-order valence-electron chi connectivity index (χ1n) is 7.35. The molecular formula is C15H22N2O2S. The van der Waals surface area contributed by atoms with E-state index in [0.717, 1.165) is 19.3 Å². The molecule has 1 fully saturated rings. The molecule has 2 atom stereocenters. The smallest absolute Gasteiger partial charge is 0.243 e. The van der Waals surface area contributed by atoms with Gasteiger partial charge >= 0.3 is 0 Å². The standard InChI is InChI=1S/C15H22N2O2S/c1-11-10-17(12(2)9-16-11)20(18,19)15-7-6-13-4-3-5-14(13)8-15/h6-8,11-12,16H,3-5,9-10H2,1-2H3. The summed E-state index contributed by atoms with van der Waals surface area (Å²) in [5, 5.41) is 3.32. The molecule has 0 saturated carbocycles. The number of hydrogen-bond donors (Lipinski definition) is 1. The van der Waals surface area contributed by atoms with Crippen molar-refractivity contribution in [1.82, 2.24) is 9.62 Å². The van der Waals surface area contributed by atoms with Gasteiger partial charge in [-0.25, -0.2) is 8.42 Å². The van der Waals surface area contributed by atoms with Crippen molar-refractivity contribution in [3.05, 3.63) is 29.3 Å². The first kappa shape index (κ1) is 14.0. The number of aryl methyl sites for hydroxylation is 2. The SMILES string of the molecule is CC1CN(S(=O)(=O)c2ccc3c(c2)CCC3)C(C)CN1. The normalized spacial score (nSPS) is 27.5. The summed E-state index contributed by atoms with van der Waals surface area (Å²) in [6.07, 6.45) is 3.23. The van der Waals surface area contributed by atoms with Crippen molar-refractivity contribution in [2.75, 3.05) is 13.1 Å². The van der Waals surface area contributed by atoms with Gasteiger partial charge in [0.2, 0.25) is 10.0 Å². The summed E-state index contributed by atoms with van der Waals surface area (Å²) in [7, 11) is -3.37. The zero-order valence-corrected chi connectivity index (χ0v) is 12.9. The van der Waals surface area contributed by atoms with Gasteiger partial charge in [-0.1, -0.05) is 6.07 Å². The molecule has 0 radical (unpaired) electrons. The lowest BCUT2D eigenvalue weighted by molar-refractivity contribution is 0.244. The Kier molecular flexibility index (Phi) is 3.60. The molecule has 1 saturated heterocycles. The molecule has 0 bridgehead atoms. The van der Waals surface area contributed by atoms with Crippen molar-refractivity contribution in [3.8, 4) is 0 Å². The van der Waals surface area contributed by atoms with E-state index in [1.54, 1.807) is 10.4 Å². The van der Waals surface area contributed by atoms with Gasteiger partial charge in [-0.15, -0.1) is 0 Å². The zero-order chi connectivity index (χ0) is 14.3. The summed E-state index contributed by atoms with van der Waals surface area (Å²) in [4.78, 5) is 0.458. The fourth-order valence-corrected chi connectivity index (χ4v) is 4.94. The fraction of sp³-hybridized carbons (Fsp3) is 0.600. The highest BCUT2D eigenvalue weighted by molar-refractivity contribution is 7.89. The van der Waals surface area contributed by atoms with Gasteiger partial charge in [-0.3, -0.25) is 0 Å². The number of benzene rings is 1. The first-order chi connectivity index (χ1) is 9.48. The second-order valence-corrected chi connectivity index (χ2v) is 7.91. The van der Waals surface area contributed by atoms with Gasteiger partial charge in [0.05, 0.1) is 4.90 Å². The van der Waals surface area contributed by atoms with Crippen LogP contribution < -0.4 is 5.32 Å². The second-order valence-electron chi connectivity index (χ2n) is 6.02. The Balaban J connectivity index is 1.95. The predicted molar refractivity (Wildman–Crippen MR) is 79.3 cm³/mol. The van der Waals surface area contributed by atoms with Crippen LogP contribution in [0.25, 0.3) is 0 Å². The average Bonchev–Trinajstić information content (AvgIpc) is 2.88. The van der Waals surface area contributed by atoms with Gasteiger partial charge in [0.1, 0.15) is 0 Å². The van der Waals surface area contributed by atoms with Crippen molar-refractivity contribution < 1.29 is 8.42 Å². The van der Waals surface area contributed by atoms with Crippen LogP contribution in [0.3, 0.4) is 0 Å². The van der Waals surface area contributed by atoms with E-state index in [1.807, 2.05) is 26.0 Å². The van der Waals surface area contributed by atoms with Crippen LogP contribution in [-0.4, -0.2) is 37.9 Å². The molecule has 0 amide bonds. The molecule has 2 unspecified atom stereocenters. The Morgan fingerprint density at radius 1 is 1.20 bits per heavy atom. The number of fused-ring (bicyclic) bond motifs is 1. The minimum Gasteiger partial charge on any atom is -0.311 e. The van der Waals surface area contributed by atoms with Crippen molar-refractivity contribution in [2.24, 2.45) is 0 Å². The van der Waals surface area contributed by atoms with Crippen molar-refractivity contribution >= 4 is 10.0 Å². The number of sulfonamides is 1. The summed E-state index contributed by atoms with van der Waals surface area (Å²) < 4.78 is 27.3. The van der Waals surface area contributed by atoms with Gasteiger partial charge in [0.25, 0.3) is 0 Å². The zero-order valence-electron chi connectivity index (χ0n) is 12.1. The van der Waals surface area contributed by atoms with E-state index in [9.17, 15) is 8.42 Å². The molecule has 1 heterocycles. The van der Waals surface area contributed by atoms with Crippen LogP contribution in [0, 0.1) is 0 Å². The van der Waals surface area contributed by atoms with Gasteiger partial charge in [0.15, 0.2) is 0 Å². The fourth-order valence-electron chi connectivity index (χ4n) is 3.17. The molecular weight excluding hydrogens is 272 g/mol. The minimum atomic E-state index is -3.37. The van der Waals surface area contributed by atoms with E-state index in [4.69, 9.17) is 0 Å². The summed E-state index contributed by atoms with van der Waals surface area (Å²) in [6.45, 7) is 5.24. The quantitative estimate of drug-likeness (QED) is 0.900. The Bertz CT molecular complexity index is 612. The van der Waals surface area contributed by atoms with Crippen LogP contribution in [-0.2, 0) is 22.9 Å². The summed E-state index contributed by atoms with van der Waals surface area (Å²) in [5.74, 6) is 0. The lowest BCUT2D eigenvalue weighted by Gasteiger charge is -2.36. The van der Waals surface area contributed by atoms with Crippen molar-refractivity contribution in [3.63, 3.8) is 0 Å². The summed E-state index contributed by atoms with van der Waals surface area (Å²) in [6, 6.07) is 5.86. The highest BCUT2D eigenvalue weighted by Crippen LogP contribution is 2.27. The molecule has 4 nitrogen and oxygen atoms in total. The molecule has 1 aliphatic carbocycles. The number of rotatable bonds is 2. The number of hydrogen-bond acceptors (Lipinski definition) is 3. The largest absolute Gasteiger partial charge is 0.311 e. The van der Waals surface area contributed by atoms with Crippen LogP contribution in [0.1, 0.15) is 31.4 Å². The second kappa shape index (κ2) is 5.13. The Hall–Kier alpha value is -0.910. The molecule has 1 aromatic rings. The van der Waals surface area contributed by atoms with Crippen LogP contribution >= 0.6 is 0 Å². The number of nitrogens with one attached hydrogen (secondary N) is 1. The Morgan fingerprint density at radius 2 is 1.95 bits per heavy atom. The molecule has 1 N–H and O–H groups in total. The maximum atomic E-state index is 12.8. The Morgan fingerprint density at radius 3 is 2.75 bits per heavy atom. The first-order valence-corrected chi connectivity index (χ1v) is 8.79. The summed E-state index contributed by atoms with van der Waals surface area (Å²) in [5.41, 5.74) is 2.52. The minimum absolute atomic E-state index is 0.00412. The van der Waals surface area contributed by atoms with E-state index in [0.29, 0.717) is 18.0 Å². The topological polar surface area (TPSA) is 49.4 Å². The average molecular weight is 294 g/mol.